The molecule has 0 spiro atoms. The van der Waals surface area contributed by atoms with Crippen LogP contribution >= 0.6 is 0 Å². The number of alkyl carbamates (subject to hydrolysis) is 1. The summed E-state index contributed by atoms with van der Waals surface area (Å²) < 4.78 is 17.2. The molecule has 10 heteroatoms. The molecule has 40 heavy (non-hydrogen) atoms. The van der Waals surface area contributed by atoms with E-state index in [2.05, 4.69) is 79.1 Å². The van der Waals surface area contributed by atoms with Crippen LogP contribution in [0.2, 0.25) is 0 Å². The number of nitrogens with one attached hydrogen (secondary N) is 2. The van der Waals surface area contributed by atoms with Crippen molar-refractivity contribution < 1.29 is 23.6 Å². The number of hydrogen-bond donors (Lipinski definition) is 2. The smallest absolute Gasteiger partial charge is 0.453 e. The number of amides is 2. The van der Waals surface area contributed by atoms with Crippen LogP contribution in [0.3, 0.4) is 0 Å². The van der Waals surface area contributed by atoms with Crippen LogP contribution in [0.4, 0.5) is 4.79 Å². The van der Waals surface area contributed by atoms with Crippen molar-refractivity contribution in [2.45, 2.75) is 83.2 Å². The summed E-state index contributed by atoms with van der Waals surface area (Å²) in [5.74, 6) is 1.03. The molecule has 2 amide bonds. The number of likely N-dealkylation sites (tertiary alicyclic amines) is 1. The Hall–Kier alpha value is -3.37. The third-order valence-corrected chi connectivity index (χ3v) is 9.31. The number of methoxy groups -OCH3 is 1. The summed E-state index contributed by atoms with van der Waals surface area (Å²) >= 11 is 0. The highest BCUT2D eigenvalue weighted by Crippen LogP contribution is 2.50. The summed E-state index contributed by atoms with van der Waals surface area (Å²) in [5, 5.41) is 4.83. The lowest BCUT2D eigenvalue weighted by Crippen LogP contribution is -2.50. The van der Waals surface area contributed by atoms with Crippen LogP contribution in [-0.4, -0.2) is 64.4 Å². The van der Waals surface area contributed by atoms with Crippen LogP contribution in [0.5, 0.6) is 0 Å². The number of H-pyrrole nitrogens is 1. The van der Waals surface area contributed by atoms with E-state index in [1.807, 2.05) is 11.1 Å². The van der Waals surface area contributed by atoms with Gasteiger partial charge in [0.15, 0.2) is 0 Å². The van der Waals surface area contributed by atoms with E-state index in [1.54, 1.807) is 6.92 Å². The molecule has 3 aromatic rings. The number of benzene rings is 2. The van der Waals surface area contributed by atoms with Crippen LogP contribution < -0.4 is 10.8 Å². The third-order valence-electron chi connectivity index (χ3n) is 9.31. The average Bonchev–Trinajstić information content (AvgIpc) is 3.70. The lowest BCUT2D eigenvalue weighted by molar-refractivity contribution is -0.137. The first-order chi connectivity index (χ1) is 19.0. The van der Waals surface area contributed by atoms with Crippen molar-refractivity contribution in [3.05, 3.63) is 48.4 Å². The minimum atomic E-state index is -0.675. The quantitative estimate of drug-likeness (QED) is 0.464. The fourth-order valence-corrected chi connectivity index (χ4v) is 6.37. The summed E-state index contributed by atoms with van der Waals surface area (Å²) in [5.41, 5.74) is 2.16. The molecular formula is C30H37BN4O5. The minimum absolute atomic E-state index is 0.107. The maximum Gasteiger partial charge on any atom is 0.494 e. The van der Waals surface area contributed by atoms with Crippen molar-refractivity contribution in [1.82, 2.24) is 20.2 Å². The molecule has 3 heterocycles. The summed E-state index contributed by atoms with van der Waals surface area (Å²) in [6, 6.07) is 12.0. The summed E-state index contributed by atoms with van der Waals surface area (Å²) in [7, 11) is 0.894. The van der Waals surface area contributed by atoms with Gasteiger partial charge < -0.3 is 29.2 Å². The van der Waals surface area contributed by atoms with Gasteiger partial charge in [-0.3, -0.25) is 4.79 Å². The molecule has 2 bridgehead atoms. The number of rotatable bonds is 5. The monoisotopic (exact) mass is 544 g/mol. The number of aromatic nitrogens is 2. The molecular weight excluding hydrogens is 507 g/mol. The number of ether oxygens (including phenoxy) is 1. The molecule has 0 radical (unpaired) electrons. The van der Waals surface area contributed by atoms with Gasteiger partial charge in [0.25, 0.3) is 0 Å². The van der Waals surface area contributed by atoms with Crippen LogP contribution in [0.25, 0.3) is 22.0 Å². The lowest BCUT2D eigenvalue weighted by atomic mass is 9.78. The number of carbonyl (C=O) groups excluding carboxylic acids is 2. The molecule has 1 aliphatic carbocycles. The highest BCUT2D eigenvalue weighted by Gasteiger charge is 2.52. The molecule has 1 saturated carbocycles. The lowest BCUT2D eigenvalue weighted by Gasteiger charge is -2.36. The van der Waals surface area contributed by atoms with Crippen molar-refractivity contribution in [2.75, 3.05) is 7.11 Å². The highest BCUT2D eigenvalue weighted by atomic mass is 16.7. The van der Waals surface area contributed by atoms with E-state index in [1.165, 1.54) is 7.11 Å². The first-order valence-electron chi connectivity index (χ1n) is 14.1. The summed E-state index contributed by atoms with van der Waals surface area (Å²) in [6.07, 6.45) is 4.24. The molecule has 9 nitrogen and oxygen atoms in total. The number of aromatic amines is 1. The first kappa shape index (κ1) is 26.8. The fourth-order valence-electron chi connectivity index (χ4n) is 6.37. The molecule has 2 saturated heterocycles. The van der Waals surface area contributed by atoms with Gasteiger partial charge in [0.1, 0.15) is 11.9 Å². The van der Waals surface area contributed by atoms with Gasteiger partial charge in [-0.1, -0.05) is 30.3 Å². The van der Waals surface area contributed by atoms with Gasteiger partial charge in [-0.2, -0.15) is 0 Å². The van der Waals surface area contributed by atoms with Crippen LogP contribution in [-0.2, 0) is 18.8 Å². The van der Waals surface area contributed by atoms with Crippen molar-refractivity contribution in [1.29, 1.82) is 0 Å². The van der Waals surface area contributed by atoms with E-state index in [0.717, 1.165) is 52.6 Å². The third kappa shape index (κ3) is 4.47. The second-order valence-electron chi connectivity index (χ2n) is 12.4. The van der Waals surface area contributed by atoms with E-state index >= 15 is 0 Å². The van der Waals surface area contributed by atoms with Crippen molar-refractivity contribution in [2.24, 2.45) is 5.92 Å². The van der Waals surface area contributed by atoms with Crippen LogP contribution in [0.15, 0.2) is 42.6 Å². The highest BCUT2D eigenvalue weighted by molar-refractivity contribution is 6.62. The van der Waals surface area contributed by atoms with Gasteiger partial charge in [-0.05, 0) is 82.1 Å². The molecule has 2 aliphatic heterocycles. The Labute approximate surface area is 235 Å². The zero-order valence-electron chi connectivity index (χ0n) is 24.0. The van der Waals surface area contributed by atoms with Crippen molar-refractivity contribution in [3.8, 4) is 11.3 Å². The molecule has 3 aliphatic rings. The van der Waals surface area contributed by atoms with Gasteiger partial charge >= 0.3 is 13.2 Å². The minimum Gasteiger partial charge on any atom is -0.453 e. The molecule has 6 rings (SSSR count). The van der Waals surface area contributed by atoms with E-state index in [-0.39, 0.29) is 29.2 Å². The van der Waals surface area contributed by atoms with Crippen LogP contribution in [0.1, 0.15) is 65.7 Å². The SMILES string of the molecule is COC(=O)N[C@@H](C)C(=O)N1[C@@H]2CC[C@H](C2)[C@H]1c1ncc(-c2ccc3cc(B4OC(C)(C)C(C)(C)O4)ccc3c2)[nH]1. The largest absolute Gasteiger partial charge is 0.494 e. The normalized spacial score (nSPS) is 25.4. The molecule has 210 valence electrons. The molecule has 0 unspecified atom stereocenters. The van der Waals surface area contributed by atoms with E-state index in [4.69, 9.17) is 14.3 Å². The average molecular weight is 544 g/mol. The predicted molar refractivity (Wildman–Crippen MR) is 153 cm³/mol. The standard InChI is InChI=1S/C30H37BN4O5/c1-17(33-28(37)38-6)27(36)35-23-12-10-21(15-23)25(35)26-32-16-24(34-26)20-8-7-19-14-22(11-9-18(19)13-20)31-39-29(2,3)30(4,5)40-31/h7-9,11,13-14,16-17,21,23,25H,10,12,15H2,1-6H3,(H,32,34)(H,33,37)/t17-,21+,23+,25-/m0/s1. The van der Waals surface area contributed by atoms with Crippen LogP contribution in [0, 0.1) is 5.92 Å². The Kier molecular flexibility index (Phi) is 6.46. The van der Waals surface area contributed by atoms with E-state index < -0.39 is 19.3 Å². The fraction of sp³-hybridized carbons (Fsp3) is 0.500. The summed E-state index contributed by atoms with van der Waals surface area (Å²) in [4.78, 5) is 35.3. The Bertz CT molecular complexity index is 1450. The second-order valence-corrected chi connectivity index (χ2v) is 12.4. The molecule has 2 aromatic carbocycles. The molecule has 2 N–H and O–H groups in total. The van der Waals surface area contributed by atoms with Gasteiger partial charge in [-0.15, -0.1) is 0 Å². The number of carbonyl (C=O) groups is 2. The molecule has 1 aromatic heterocycles. The molecule has 3 fully saturated rings. The number of hydrogen-bond acceptors (Lipinski definition) is 6. The van der Waals surface area contributed by atoms with E-state index in [0.29, 0.717) is 5.92 Å². The van der Waals surface area contributed by atoms with Gasteiger partial charge in [-0.25, -0.2) is 9.78 Å². The van der Waals surface area contributed by atoms with Crippen molar-refractivity contribution >= 4 is 35.4 Å². The number of imidazole rings is 1. The first-order valence-corrected chi connectivity index (χ1v) is 14.1. The van der Waals surface area contributed by atoms with E-state index in [9.17, 15) is 9.59 Å². The maximum absolute atomic E-state index is 13.4. The molecule has 4 atom stereocenters. The zero-order valence-corrected chi connectivity index (χ0v) is 24.0. The number of fused-ring (bicyclic) bond motifs is 3. The zero-order chi connectivity index (χ0) is 28.4. The topological polar surface area (TPSA) is 106 Å². The number of piperidine rings is 1. The summed E-state index contributed by atoms with van der Waals surface area (Å²) in [6.45, 7) is 9.94. The Morgan fingerprint density at radius 2 is 1.80 bits per heavy atom. The van der Waals surface area contributed by atoms with Gasteiger partial charge in [0.05, 0.1) is 36.2 Å². The Morgan fingerprint density at radius 3 is 2.52 bits per heavy atom. The Morgan fingerprint density at radius 1 is 1.10 bits per heavy atom. The Balaban J connectivity index is 1.23. The number of nitrogens with zero attached hydrogens (tertiary/aromatic N) is 2. The van der Waals surface area contributed by atoms with Crippen molar-refractivity contribution in [3.63, 3.8) is 0 Å². The maximum atomic E-state index is 13.4. The van der Waals surface area contributed by atoms with Gasteiger partial charge in [0, 0.05) is 11.6 Å². The predicted octanol–water partition coefficient (Wildman–Crippen LogP) is 4.33. The van der Waals surface area contributed by atoms with Gasteiger partial charge in [0.2, 0.25) is 5.91 Å². The second kappa shape index (κ2) is 9.63.